The van der Waals surface area contributed by atoms with E-state index in [2.05, 4.69) is 20.1 Å². The molecule has 0 radical (unpaired) electrons. The third-order valence-corrected chi connectivity index (χ3v) is 2.88. The molecule has 0 atom stereocenters. The van der Waals surface area contributed by atoms with Gasteiger partial charge in [0.1, 0.15) is 6.33 Å². The molecule has 0 amide bonds. The van der Waals surface area contributed by atoms with Crippen molar-refractivity contribution in [2.45, 2.75) is 13.0 Å². The Labute approximate surface area is 117 Å². The summed E-state index contributed by atoms with van der Waals surface area (Å²) < 4.78 is 6.35. The number of methoxy groups -OCH3 is 1. The van der Waals surface area contributed by atoms with Crippen molar-refractivity contribution in [1.82, 2.24) is 20.1 Å². The second-order valence-corrected chi connectivity index (χ2v) is 4.45. The maximum atomic E-state index is 11.3. The number of hydrogen-bond acceptors (Lipinski definition) is 5. The molecule has 1 heterocycles. The zero-order valence-electron chi connectivity index (χ0n) is 11.7. The van der Waals surface area contributed by atoms with Crippen LogP contribution in [0.5, 0.6) is 0 Å². The summed E-state index contributed by atoms with van der Waals surface area (Å²) in [6.07, 6.45) is 2.49. The Morgan fingerprint density at radius 3 is 2.70 bits per heavy atom. The van der Waals surface area contributed by atoms with E-state index >= 15 is 0 Å². The first-order chi connectivity index (χ1) is 9.69. The lowest BCUT2D eigenvalue weighted by atomic mass is 10.1. The van der Waals surface area contributed by atoms with Gasteiger partial charge in [0.05, 0.1) is 12.7 Å². The number of carbonyl (C=O) groups is 1. The van der Waals surface area contributed by atoms with Crippen LogP contribution in [0.15, 0.2) is 30.6 Å². The van der Waals surface area contributed by atoms with Crippen molar-refractivity contribution in [1.29, 1.82) is 0 Å². The number of rotatable bonds is 6. The molecule has 0 aliphatic rings. The second-order valence-electron chi connectivity index (χ2n) is 4.45. The van der Waals surface area contributed by atoms with Crippen LogP contribution in [0, 0.1) is 0 Å². The lowest BCUT2D eigenvalue weighted by Gasteiger charge is -2.04. The first-order valence-corrected chi connectivity index (χ1v) is 6.41. The third kappa shape index (κ3) is 3.89. The number of nitrogens with zero attached hydrogens (tertiary/aromatic N) is 3. The standard InChI is InChI=1S/C14H18N4O2/c1-18-10-16-13(17-18)7-8-15-9-11-3-5-12(6-4-11)14(19)20-2/h3-6,10,15H,7-9H2,1-2H3. The van der Waals surface area contributed by atoms with Gasteiger partial charge in [-0.1, -0.05) is 12.1 Å². The number of esters is 1. The molecule has 20 heavy (non-hydrogen) atoms. The van der Waals surface area contributed by atoms with E-state index in [0.29, 0.717) is 5.56 Å². The summed E-state index contributed by atoms with van der Waals surface area (Å²) in [4.78, 5) is 15.5. The predicted molar refractivity (Wildman–Crippen MR) is 74.2 cm³/mol. The van der Waals surface area contributed by atoms with Crippen molar-refractivity contribution in [3.05, 3.63) is 47.5 Å². The first kappa shape index (κ1) is 14.2. The van der Waals surface area contributed by atoms with Gasteiger partial charge in [-0.25, -0.2) is 9.78 Å². The van der Waals surface area contributed by atoms with Gasteiger partial charge < -0.3 is 10.1 Å². The second kappa shape index (κ2) is 6.81. The molecule has 6 heteroatoms. The number of hydrogen-bond donors (Lipinski definition) is 1. The summed E-state index contributed by atoms with van der Waals surface area (Å²) in [5.74, 6) is 0.520. The molecule has 0 bridgehead atoms. The van der Waals surface area contributed by atoms with Crippen LogP contribution in [0.3, 0.4) is 0 Å². The highest BCUT2D eigenvalue weighted by molar-refractivity contribution is 5.89. The SMILES string of the molecule is COC(=O)c1ccc(CNCCc2ncn(C)n2)cc1. The minimum atomic E-state index is -0.314. The van der Waals surface area contributed by atoms with Crippen molar-refractivity contribution in [2.24, 2.45) is 7.05 Å². The Morgan fingerprint density at radius 2 is 2.10 bits per heavy atom. The average molecular weight is 274 g/mol. The van der Waals surface area contributed by atoms with Gasteiger partial charge in [0.15, 0.2) is 5.82 Å². The van der Waals surface area contributed by atoms with Crippen molar-refractivity contribution >= 4 is 5.97 Å². The summed E-state index contributed by atoms with van der Waals surface area (Å²) >= 11 is 0. The molecular weight excluding hydrogens is 256 g/mol. The van der Waals surface area contributed by atoms with Crippen molar-refractivity contribution in [3.63, 3.8) is 0 Å². The van der Waals surface area contributed by atoms with Crippen LogP contribution >= 0.6 is 0 Å². The molecule has 2 aromatic rings. The molecule has 0 aliphatic carbocycles. The van der Waals surface area contributed by atoms with E-state index in [1.54, 1.807) is 23.1 Å². The largest absolute Gasteiger partial charge is 0.465 e. The third-order valence-electron chi connectivity index (χ3n) is 2.88. The van der Waals surface area contributed by atoms with Crippen molar-refractivity contribution in [2.75, 3.05) is 13.7 Å². The smallest absolute Gasteiger partial charge is 0.337 e. The molecule has 0 spiro atoms. The summed E-state index contributed by atoms with van der Waals surface area (Å²) in [5, 5.41) is 7.53. The lowest BCUT2D eigenvalue weighted by molar-refractivity contribution is 0.0600. The molecule has 1 N–H and O–H groups in total. The number of ether oxygens (including phenoxy) is 1. The van der Waals surface area contributed by atoms with Crippen LogP contribution in [-0.2, 0) is 24.8 Å². The Kier molecular flexibility index (Phi) is 4.84. The van der Waals surface area contributed by atoms with Crippen LogP contribution in [0.4, 0.5) is 0 Å². The predicted octanol–water partition coefficient (Wildman–Crippen LogP) is 0.934. The Hall–Kier alpha value is -2.21. The Morgan fingerprint density at radius 1 is 1.35 bits per heavy atom. The van der Waals surface area contributed by atoms with Crippen LogP contribution in [-0.4, -0.2) is 34.4 Å². The fourth-order valence-electron chi connectivity index (χ4n) is 1.81. The highest BCUT2D eigenvalue weighted by atomic mass is 16.5. The minimum Gasteiger partial charge on any atom is -0.465 e. The van der Waals surface area contributed by atoms with Gasteiger partial charge in [0, 0.05) is 26.6 Å². The van der Waals surface area contributed by atoms with E-state index < -0.39 is 0 Å². The van der Waals surface area contributed by atoms with Crippen LogP contribution < -0.4 is 5.32 Å². The molecule has 0 saturated carbocycles. The molecule has 6 nitrogen and oxygen atoms in total. The fraction of sp³-hybridized carbons (Fsp3) is 0.357. The van der Waals surface area contributed by atoms with Gasteiger partial charge in [0.2, 0.25) is 0 Å². The molecule has 1 aromatic carbocycles. The molecule has 0 unspecified atom stereocenters. The summed E-state index contributed by atoms with van der Waals surface area (Å²) in [5.41, 5.74) is 1.68. The maximum absolute atomic E-state index is 11.3. The van der Waals surface area contributed by atoms with Crippen molar-refractivity contribution < 1.29 is 9.53 Å². The van der Waals surface area contributed by atoms with Gasteiger partial charge in [-0.15, -0.1) is 0 Å². The number of carbonyl (C=O) groups excluding carboxylic acids is 1. The van der Waals surface area contributed by atoms with Gasteiger partial charge in [0.25, 0.3) is 0 Å². The summed E-state index contributed by atoms with van der Waals surface area (Å²) in [6.45, 7) is 1.55. The van der Waals surface area contributed by atoms with Crippen molar-refractivity contribution in [3.8, 4) is 0 Å². The van der Waals surface area contributed by atoms with Gasteiger partial charge in [-0.3, -0.25) is 4.68 Å². The van der Waals surface area contributed by atoms with E-state index in [1.807, 2.05) is 19.2 Å². The highest BCUT2D eigenvalue weighted by Crippen LogP contribution is 2.05. The van der Waals surface area contributed by atoms with E-state index in [1.165, 1.54) is 7.11 Å². The van der Waals surface area contributed by atoms with E-state index in [9.17, 15) is 4.79 Å². The molecule has 0 saturated heterocycles. The number of benzene rings is 1. The zero-order valence-corrected chi connectivity index (χ0v) is 11.7. The highest BCUT2D eigenvalue weighted by Gasteiger charge is 2.04. The normalized spacial score (nSPS) is 10.5. The number of aryl methyl sites for hydroxylation is 1. The quantitative estimate of drug-likeness (QED) is 0.627. The summed E-state index contributed by atoms with van der Waals surface area (Å²) in [6, 6.07) is 7.36. The Balaban J connectivity index is 1.75. The van der Waals surface area contributed by atoms with Gasteiger partial charge in [-0.05, 0) is 17.7 Å². The van der Waals surface area contributed by atoms with Gasteiger partial charge >= 0.3 is 5.97 Å². The molecule has 1 aromatic heterocycles. The summed E-state index contributed by atoms with van der Waals surface area (Å²) in [7, 11) is 3.23. The minimum absolute atomic E-state index is 0.314. The molecule has 0 fully saturated rings. The maximum Gasteiger partial charge on any atom is 0.337 e. The lowest BCUT2D eigenvalue weighted by Crippen LogP contribution is -2.17. The topological polar surface area (TPSA) is 69.0 Å². The molecule has 2 rings (SSSR count). The van der Waals surface area contributed by atoms with Gasteiger partial charge in [-0.2, -0.15) is 5.10 Å². The van der Waals surface area contributed by atoms with Crippen LogP contribution in [0.2, 0.25) is 0 Å². The van der Waals surface area contributed by atoms with E-state index in [-0.39, 0.29) is 5.97 Å². The monoisotopic (exact) mass is 274 g/mol. The fourth-order valence-corrected chi connectivity index (χ4v) is 1.81. The zero-order chi connectivity index (χ0) is 14.4. The molecule has 106 valence electrons. The Bertz CT molecular complexity index is 563. The number of aromatic nitrogens is 3. The van der Waals surface area contributed by atoms with E-state index in [4.69, 9.17) is 0 Å². The molecular formula is C14H18N4O2. The molecule has 0 aliphatic heterocycles. The van der Waals surface area contributed by atoms with Crippen LogP contribution in [0.25, 0.3) is 0 Å². The van der Waals surface area contributed by atoms with E-state index in [0.717, 1.165) is 30.9 Å². The number of nitrogens with one attached hydrogen (secondary N) is 1. The average Bonchev–Trinajstić information content (AvgIpc) is 2.89. The first-order valence-electron chi connectivity index (χ1n) is 6.41. The van der Waals surface area contributed by atoms with Crippen LogP contribution in [0.1, 0.15) is 21.7 Å².